The number of benzene rings is 1. The third-order valence-corrected chi connectivity index (χ3v) is 5.93. The first kappa shape index (κ1) is 22.5. The molecule has 1 atom stereocenters. The Morgan fingerprint density at radius 2 is 1.88 bits per heavy atom. The minimum atomic E-state index is 0.0996. The lowest BCUT2D eigenvalue weighted by Crippen LogP contribution is -2.49. The molecular formula is C24H33N5O3. The Balaban J connectivity index is 1.52. The smallest absolute Gasteiger partial charge is 0.225 e. The number of nitrogens with zero attached hydrogens (tertiary/aromatic N) is 5. The van der Waals surface area contributed by atoms with Gasteiger partial charge >= 0.3 is 0 Å². The van der Waals surface area contributed by atoms with Crippen LogP contribution in [0.4, 0.5) is 5.95 Å². The Bertz CT molecular complexity index is 899. The second-order valence-electron chi connectivity index (χ2n) is 8.63. The standard InChI is InChI=1S/C24H33N5O3/c1-18(2)32-22-6-4-20(5-7-22)23-17-28(19(3)30)10-11-29(23)16-21-8-9-25-24(26-21)27-12-14-31-15-13-27/h4-9,18,23H,10-17H2,1-3H3/t23-/m0/s1. The maximum atomic E-state index is 12.1. The van der Waals surface area contributed by atoms with Crippen LogP contribution in [-0.2, 0) is 16.1 Å². The van der Waals surface area contributed by atoms with Crippen LogP contribution in [0.25, 0.3) is 0 Å². The normalized spacial score (nSPS) is 19.9. The fourth-order valence-electron chi connectivity index (χ4n) is 4.25. The first-order valence-corrected chi connectivity index (χ1v) is 11.4. The van der Waals surface area contributed by atoms with E-state index in [1.165, 1.54) is 5.56 Å². The number of aromatic nitrogens is 2. The van der Waals surface area contributed by atoms with E-state index in [0.29, 0.717) is 26.3 Å². The quantitative estimate of drug-likeness (QED) is 0.685. The van der Waals surface area contributed by atoms with Crippen molar-refractivity contribution < 1.29 is 14.3 Å². The molecule has 0 aliphatic carbocycles. The molecule has 2 aliphatic rings. The van der Waals surface area contributed by atoms with Crippen LogP contribution in [0, 0.1) is 0 Å². The Kier molecular flexibility index (Phi) is 7.22. The molecule has 3 heterocycles. The molecule has 2 saturated heterocycles. The van der Waals surface area contributed by atoms with Crippen molar-refractivity contribution >= 4 is 11.9 Å². The van der Waals surface area contributed by atoms with Gasteiger partial charge in [-0.05, 0) is 37.6 Å². The number of hydrogen-bond donors (Lipinski definition) is 0. The minimum Gasteiger partial charge on any atom is -0.491 e. The van der Waals surface area contributed by atoms with Crippen LogP contribution in [-0.4, -0.2) is 77.7 Å². The van der Waals surface area contributed by atoms with Crippen molar-refractivity contribution in [1.29, 1.82) is 0 Å². The van der Waals surface area contributed by atoms with Gasteiger partial charge in [-0.3, -0.25) is 9.69 Å². The van der Waals surface area contributed by atoms with Crippen LogP contribution < -0.4 is 9.64 Å². The number of hydrogen-bond acceptors (Lipinski definition) is 7. The van der Waals surface area contributed by atoms with Gasteiger partial charge in [0.05, 0.1) is 31.1 Å². The highest BCUT2D eigenvalue weighted by molar-refractivity contribution is 5.73. The molecule has 1 aromatic heterocycles. The fraction of sp³-hybridized carbons (Fsp3) is 0.542. The number of morpholine rings is 1. The molecule has 2 fully saturated rings. The van der Waals surface area contributed by atoms with Crippen molar-refractivity contribution in [2.75, 3.05) is 50.8 Å². The summed E-state index contributed by atoms with van der Waals surface area (Å²) in [5, 5.41) is 0. The van der Waals surface area contributed by atoms with E-state index in [0.717, 1.165) is 43.6 Å². The second-order valence-corrected chi connectivity index (χ2v) is 8.63. The molecule has 8 heteroatoms. The van der Waals surface area contributed by atoms with E-state index in [4.69, 9.17) is 14.5 Å². The molecule has 172 valence electrons. The molecule has 0 saturated carbocycles. The van der Waals surface area contributed by atoms with Gasteiger partial charge in [0.1, 0.15) is 5.75 Å². The summed E-state index contributed by atoms with van der Waals surface area (Å²) in [7, 11) is 0. The fourth-order valence-corrected chi connectivity index (χ4v) is 4.25. The first-order valence-electron chi connectivity index (χ1n) is 11.4. The Hall–Kier alpha value is -2.71. The molecular weight excluding hydrogens is 406 g/mol. The van der Waals surface area contributed by atoms with E-state index in [-0.39, 0.29) is 18.1 Å². The maximum Gasteiger partial charge on any atom is 0.225 e. The topological polar surface area (TPSA) is 71.0 Å². The van der Waals surface area contributed by atoms with Gasteiger partial charge in [-0.25, -0.2) is 9.97 Å². The van der Waals surface area contributed by atoms with Gasteiger partial charge in [0, 0.05) is 52.4 Å². The Morgan fingerprint density at radius 1 is 1.12 bits per heavy atom. The van der Waals surface area contributed by atoms with Crippen molar-refractivity contribution in [3.8, 4) is 5.75 Å². The van der Waals surface area contributed by atoms with E-state index in [2.05, 4.69) is 26.9 Å². The lowest BCUT2D eigenvalue weighted by Gasteiger charge is -2.41. The van der Waals surface area contributed by atoms with Crippen molar-refractivity contribution in [3.05, 3.63) is 47.8 Å². The largest absolute Gasteiger partial charge is 0.491 e. The minimum absolute atomic E-state index is 0.0996. The van der Waals surface area contributed by atoms with Crippen LogP contribution in [0.2, 0.25) is 0 Å². The number of ether oxygens (including phenoxy) is 2. The monoisotopic (exact) mass is 439 g/mol. The van der Waals surface area contributed by atoms with Gasteiger partial charge in [0.2, 0.25) is 11.9 Å². The van der Waals surface area contributed by atoms with Gasteiger partial charge < -0.3 is 19.3 Å². The summed E-state index contributed by atoms with van der Waals surface area (Å²) in [5.74, 6) is 1.74. The van der Waals surface area contributed by atoms with Crippen LogP contribution in [0.1, 0.15) is 38.1 Å². The molecule has 32 heavy (non-hydrogen) atoms. The van der Waals surface area contributed by atoms with Gasteiger partial charge in [-0.2, -0.15) is 0 Å². The van der Waals surface area contributed by atoms with Crippen molar-refractivity contribution in [3.63, 3.8) is 0 Å². The van der Waals surface area contributed by atoms with Crippen molar-refractivity contribution in [2.45, 2.75) is 39.5 Å². The predicted octanol–water partition coefficient (Wildman–Crippen LogP) is 2.51. The van der Waals surface area contributed by atoms with Crippen molar-refractivity contribution in [2.24, 2.45) is 0 Å². The first-order chi connectivity index (χ1) is 15.5. The molecule has 2 aliphatic heterocycles. The SMILES string of the molecule is CC(=O)N1CCN(Cc2ccnc(N3CCOCC3)n2)[C@H](c2ccc(OC(C)C)cc2)C1. The highest BCUT2D eigenvalue weighted by Crippen LogP contribution is 2.29. The molecule has 2 aromatic rings. The average Bonchev–Trinajstić information content (AvgIpc) is 2.80. The average molecular weight is 440 g/mol. The number of anilines is 1. The van der Waals surface area contributed by atoms with Crippen LogP contribution in [0.15, 0.2) is 36.5 Å². The number of carbonyl (C=O) groups is 1. The van der Waals surface area contributed by atoms with Gasteiger partial charge in [0.25, 0.3) is 0 Å². The highest BCUT2D eigenvalue weighted by atomic mass is 16.5. The summed E-state index contributed by atoms with van der Waals surface area (Å²) in [6.07, 6.45) is 1.98. The molecule has 0 spiro atoms. The van der Waals surface area contributed by atoms with E-state index < -0.39 is 0 Å². The number of piperazine rings is 1. The van der Waals surface area contributed by atoms with Crippen LogP contribution in [0.3, 0.4) is 0 Å². The van der Waals surface area contributed by atoms with Gasteiger partial charge in [0.15, 0.2) is 0 Å². The van der Waals surface area contributed by atoms with E-state index >= 15 is 0 Å². The predicted molar refractivity (Wildman–Crippen MR) is 123 cm³/mol. The maximum absolute atomic E-state index is 12.1. The van der Waals surface area contributed by atoms with E-state index in [1.807, 2.05) is 43.1 Å². The Labute approximate surface area is 190 Å². The molecule has 0 unspecified atom stereocenters. The van der Waals surface area contributed by atoms with Crippen LogP contribution >= 0.6 is 0 Å². The lowest BCUT2D eigenvalue weighted by atomic mass is 10.0. The summed E-state index contributed by atoms with van der Waals surface area (Å²) in [6.45, 7) is 11.6. The van der Waals surface area contributed by atoms with Gasteiger partial charge in [-0.1, -0.05) is 12.1 Å². The van der Waals surface area contributed by atoms with E-state index in [1.54, 1.807) is 6.92 Å². The zero-order valence-electron chi connectivity index (χ0n) is 19.2. The second kappa shape index (κ2) is 10.3. The highest BCUT2D eigenvalue weighted by Gasteiger charge is 2.30. The number of amides is 1. The van der Waals surface area contributed by atoms with Gasteiger partial charge in [-0.15, -0.1) is 0 Å². The zero-order chi connectivity index (χ0) is 22.5. The summed E-state index contributed by atoms with van der Waals surface area (Å²) >= 11 is 0. The third kappa shape index (κ3) is 5.55. The molecule has 1 amide bonds. The zero-order valence-corrected chi connectivity index (χ0v) is 19.2. The molecule has 4 rings (SSSR count). The Morgan fingerprint density at radius 3 is 2.56 bits per heavy atom. The third-order valence-electron chi connectivity index (χ3n) is 5.93. The molecule has 0 N–H and O–H groups in total. The summed E-state index contributed by atoms with van der Waals surface area (Å²) < 4.78 is 11.2. The molecule has 0 bridgehead atoms. The van der Waals surface area contributed by atoms with Crippen molar-refractivity contribution in [1.82, 2.24) is 19.8 Å². The summed E-state index contributed by atoms with van der Waals surface area (Å²) in [6, 6.07) is 10.3. The number of carbonyl (C=O) groups excluding carboxylic acids is 1. The number of rotatable bonds is 6. The summed E-state index contributed by atoms with van der Waals surface area (Å²) in [4.78, 5) is 27.9. The lowest BCUT2D eigenvalue weighted by molar-refractivity contribution is -0.132. The van der Waals surface area contributed by atoms with Crippen LogP contribution in [0.5, 0.6) is 5.75 Å². The molecule has 8 nitrogen and oxygen atoms in total. The molecule has 0 radical (unpaired) electrons. The summed E-state index contributed by atoms with van der Waals surface area (Å²) in [5.41, 5.74) is 2.16. The van der Waals surface area contributed by atoms with E-state index in [9.17, 15) is 4.79 Å². The molecule has 1 aromatic carbocycles.